The van der Waals surface area contributed by atoms with Crippen LogP contribution < -0.4 is 11.3 Å². The molecule has 0 aliphatic carbocycles. The van der Waals surface area contributed by atoms with Crippen molar-refractivity contribution in [3.63, 3.8) is 0 Å². The Morgan fingerprint density at radius 3 is 2.65 bits per heavy atom. The van der Waals surface area contributed by atoms with Gasteiger partial charge in [-0.15, -0.1) is 0 Å². The third-order valence-corrected chi connectivity index (χ3v) is 2.37. The summed E-state index contributed by atoms with van der Waals surface area (Å²) in [7, 11) is 0. The van der Waals surface area contributed by atoms with Crippen molar-refractivity contribution in [1.82, 2.24) is 19.7 Å². The number of hydrogen-bond donors (Lipinski definition) is 2. The van der Waals surface area contributed by atoms with Crippen molar-refractivity contribution in [1.29, 1.82) is 0 Å². The molecule has 17 heavy (non-hydrogen) atoms. The Kier molecular flexibility index (Phi) is 2.95. The predicted molar refractivity (Wildman–Crippen MR) is 64.9 cm³/mol. The van der Waals surface area contributed by atoms with Crippen molar-refractivity contribution >= 4 is 5.69 Å². The standard InChI is InChI=1S/C11H15N5O/c1-7(2)6-8-9(12)10(17)16(15-8)11-13-4-3-5-14-11/h3-5,7,15H,6,12H2,1-2H3. The Labute approximate surface area is 98.5 Å². The van der Waals surface area contributed by atoms with Crippen molar-refractivity contribution < 1.29 is 0 Å². The van der Waals surface area contributed by atoms with Crippen molar-refractivity contribution in [2.75, 3.05) is 5.73 Å². The number of nitrogens with two attached hydrogens (primary N) is 1. The number of H-pyrrole nitrogens is 1. The van der Waals surface area contributed by atoms with E-state index in [0.29, 0.717) is 11.9 Å². The quantitative estimate of drug-likeness (QED) is 0.818. The molecule has 0 aromatic carbocycles. The van der Waals surface area contributed by atoms with Gasteiger partial charge in [0.1, 0.15) is 5.69 Å². The number of rotatable bonds is 3. The first-order valence-electron chi connectivity index (χ1n) is 5.46. The Balaban J connectivity index is 2.47. The van der Waals surface area contributed by atoms with E-state index in [4.69, 9.17) is 5.73 Å². The van der Waals surface area contributed by atoms with Crippen LogP contribution in [0.3, 0.4) is 0 Å². The summed E-state index contributed by atoms with van der Waals surface area (Å²) in [6.07, 6.45) is 3.88. The highest BCUT2D eigenvalue weighted by molar-refractivity contribution is 5.42. The molecule has 2 aromatic rings. The molecule has 0 unspecified atom stereocenters. The van der Waals surface area contributed by atoms with Crippen LogP contribution in [-0.2, 0) is 6.42 Å². The van der Waals surface area contributed by atoms with Gasteiger partial charge in [0, 0.05) is 12.4 Å². The zero-order valence-corrected chi connectivity index (χ0v) is 9.84. The number of nitrogens with one attached hydrogen (secondary N) is 1. The molecule has 0 saturated heterocycles. The number of nitrogens with zero attached hydrogens (tertiary/aromatic N) is 3. The van der Waals surface area contributed by atoms with Crippen LogP contribution >= 0.6 is 0 Å². The van der Waals surface area contributed by atoms with Gasteiger partial charge in [0.2, 0.25) is 0 Å². The molecule has 0 bridgehead atoms. The second kappa shape index (κ2) is 4.40. The molecule has 0 fully saturated rings. The third kappa shape index (κ3) is 2.20. The molecule has 0 amide bonds. The fourth-order valence-corrected chi connectivity index (χ4v) is 1.61. The van der Waals surface area contributed by atoms with Crippen LogP contribution in [0.15, 0.2) is 23.3 Å². The van der Waals surface area contributed by atoms with Gasteiger partial charge in [0.15, 0.2) is 0 Å². The number of hydrogen-bond acceptors (Lipinski definition) is 4. The van der Waals surface area contributed by atoms with Gasteiger partial charge in [-0.2, -0.15) is 4.68 Å². The Hall–Kier alpha value is -2.11. The Bertz CT molecular complexity index is 555. The van der Waals surface area contributed by atoms with Crippen LogP contribution in [0.1, 0.15) is 19.5 Å². The highest BCUT2D eigenvalue weighted by atomic mass is 16.1. The van der Waals surface area contributed by atoms with Gasteiger partial charge >= 0.3 is 0 Å². The Morgan fingerprint density at radius 1 is 1.41 bits per heavy atom. The summed E-state index contributed by atoms with van der Waals surface area (Å²) in [4.78, 5) is 19.9. The fraction of sp³-hybridized carbons (Fsp3) is 0.364. The number of aromatic amines is 1. The molecule has 0 atom stereocenters. The van der Waals surface area contributed by atoms with Crippen LogP contribution in [0.5, 0.6) is 0 Å². The van der Waals surface area contributed by atoms with Gasteiger partial charge in [0.25, 0.3) is 11.5 Å². The van der Waals surface area contributed by atoms with Crippen molar-refractivity contribution in [3.05, 3.63) is 34.5 Å². The van der Waals surface area contributed by atoms with Gasteiger partial charge in [0.05, 0.1) is 5.69 Å². The predicted octanol–water partition coefficient (Wildman–Crippen LogP) is 0.736. The van der Waals surface area contributed by atoms with Crippen LogP contribution in [0, 0.1) is 5.92 Å². The van der Waals surface area contributed by atoms with Crippen molar-refractivity contribution in [2.24, 2.45) is 5.92 Å². The van der Waals surface area contributed by atoms with E-state index in [2.05, 4.69) is 28.9 Å². The number of nitrogen functional groups attached to an aromatic ring is 1. The van der Waals surface area contributed by atoms with Crippen molar-refractivity contribution in [3.8, 4) is 5.95 Å². The molecule has 3 N–H and O–H groups in total. The smallest absolute Gasteiger partial charge is 0.297 e. The molecule has 0 aliphatic rings. The van der Waals surface area contributed by atoms with E-state index in [1.54, 1.807) is 18.5 Å². The van der Waals surface area contributed by atoms with Gasteiger partial charge in [-0.05, 0) is 18.4 Å². The minimum absolute atomic E-state index is 0.242. The molecule has 2 heterocycles. The van der Waals surface area contributed by atoms with Gasteiger partial charge in [-0.1, -0.05) is 13.8 Å². The van der Waals surface area contributed by atoms with E-state index < -0.39 is 0 Å². The lowest BCUT2D eigenvalue weighted by atomic mass is 10.1. The summed E-state index contributed by atoms with van der Waals surface area (Å²) in [5.41, 5.74) is 6.45. The zero-order chi connectivity index (χ0) is 12.4. The topological polar surface area (TPSA) is 89.6 Å². The number of anilines is 1. The van der Waals surface area contributed by atoms with Crippen LogP contribution in [0.2, 0.25) is 0 Å². The maximum Gasteiger partial charge on any atom is 0.297 e. The summed E-state index contributed by atoms with van der Waals surface area (Å²) in [6.45, 7) is 4.13. The maximum atomic E-state index is 11.9. The Morgan fingerprint density at radius 2 is 2.06 bits per heavy atom. The van der Waals surface area contributed by atoms with Crippen LogP contribution in [-0.4, -0.2) is 19.7 Å². The molecule has 0 aliphatic heterocycles. The largest absolute Gasteiger partial charge is 0.393 e. The minimum atomic E-state index is -0.299. The second-order valence-electron chi connectivity index (χ2n) is 4.29. The molecule has 0 saturated carbocycles. The molecular formula is C11H15N5O. The normalized spacial score (nSPS) is 11.0. The summed E-state index contributed by atoms with van der Waals surface area (Å²) in [5, 5.41) is 2.95. The average molecular weight is 233 g/mol. The first-order chi connectivity index (χ1) is 8.09. The minimum Gasteiger partial charge on any atom is -0.393 e. The van der Waals surface area contributed by atoms with Crippen LogP contribution in [0.25, 0.3) is 5.95 Å². The van der Waals surface area contributed by atoms with Gasteiger partial charge in [-0.25, -0.2) is 9.97 Å². The van der Waals surface area contributed by atoms with E-state index in [-0.39, 0.29) is 11.2 Å². The highest BCUT2D eigenvalue weighted by Crippen LogP contribution is 2.10. The first-order valence-corrected chi connectivity index (χ1v) is 5.46. The zero-order valence-electron chi connectivity index (χ0n) is 9.84. The van der Waals surface area contributed by atoms with Crippen LogP contribution in [0.4, 0.5) is 5.69 Å². The molecule has 90 valence electrons. The van der Waals surface area contributed by atoms with Crippen molar-refractivity contribution in [2.45, 2.75) is 20.3 Å². The fourth-order valence-electron chi connectivity index (χ4n) is 1.61. The molecule has 0 radical (unpaired) electrons. The summed E-state index contributed by atoms with van der Waals surface area (Å²) >= 11 is 0. The van der Waals surface area contributed by atoms with E-state index >= 15 is 0 Å². The van der Waals surface area contributed by atoms with Gasteiger partial charge < -0.3 is 5.73 Å². The summed E-state index contributed by atoms with van der Waals surface area (Å²) in [5.74, 6) is 0.722. The molecule has 0 spiro atoms. The molecule has 6 nitrogen and oxygen atoms in total. The average Bonchev–Trinajstić information content (AvgIpc) is 2.58. The van der Waals surface area contributed by atoms with Gasteiger partial charge in [-0.3, -0.25) is 9.89 Å². The highest BCUT2D eigenvalue weighted by Gasteiger charge is 2.14. The number of aromatic nitrogens is 4. The molecule has 2 aromatic heterocycles. The first kappa shape index (κ1) is 11.4. The van der Waals surface area contributed by atoms with E-state index in [0.717, 1.165) is 12.1 Å². The second-order valence-corrected chi connectivity index (χ2v) is 4.29. The summed E-state index contributed by atoms with van der Waals surface area (Å²) < 4.78 is 1.27. The summed E-state index contributed by atoms with van der Waals surface area (Å²) in [6, 6.07) is 1.69. The maximum absolute atomic E-state index is 11.9. The lowest BCUT2D eigenvalue weighted by molar-refractivity contribution is 0.626. The van der Waals surface area contributed by atoms with E-state index in [9.17, 15) is 4.79 Å². The molecular weight excluding hydrogens is 218 g/mol. The lowest BCUT2D eigenvalue weighted by Gasteiger charge is -2.02. The monoisotopic (exact) mass is 233 g/mol. The lowest BCUT2D eigenvalue weighted by Crippen LogP contribution is -2.18. The third-order valence-electron chi connectivity index (χ3n) is 2.37. The SMILES string of the molecule is CC(C)Cc1[nH]n(-c2ncccn2)c(=O)c1N. The van der Waals surface area contributed by atoms with E-state index in [1.807, 2.05) is 0 Å². The molecule has 6 heteroatoms. The molecule has 2 rings (SSSR count). The van der Waals surface area contributed by atoms with E-state index in [1.165, 1.54) is 4.68 Å².